The fourth-order valence-corrected chi connectivity index (χ4v) is 8.49. The Bertz CT molecular complexity index is 2640. The van der Waals surface area contributed by atoms with Crippen LogP contribution in [-0.4, -0.2) is 58.3 Å². The predicted molar refractivity (Wildman–Crippen MR) is 273 cm³/mol. The Morgan fingerprint density at radius 2 is 1.02 bits per heavy atom. The van der Waals surface area contributed by atoms with Crippen LogP contribution in [0.5, 0.6) is 11.5 Å². The van der Waals surface area contributed by atoms with Gasteiger partial charge in [0.25, 0.3) is 0 Å². The normalized spacial score (nSPS) is 11.1. The number of benzene rings is 7. The van der Waals surface area contributed by atoms with Gasteiger partial charge in [0.05, 0.1) is 16.7 Å². The van der Waals surface area contributed by atoms with Crippen LogP contribution >= 0.6 is 0 Å². The molecular weight excluding hydrogens is 961 g/mol. The third-order valence-electron chi connectivity index (χ3n) is 11.7. The predicted octanol–water partition coefficient (Wildman–Crippen LogP) is 14.1. The number of phenolic OH excluding ortho intramolecular Hbond substituents is 2. The number of nitrogens with zero attached hydrogens (tertiary/aromatic N) is 3. The van der Waals surface area contributed by atoms with Gasteiger partial charge in [-0.1, -0.05) is 107 Å². The zero-order valence-corrected chi connectivity index (χ0v) is 43.4. The fraction of sp³-hybridized carbons (Fsp3) is 0.254. The maximum Gasteiger partial charge on any atom is 4.00 e. The van der Waals surface area contributed by atoms with Crippen molar-refractivity contribution in [3.63, 3.8) is 0 Å². The second-order valence-corrected chi connectivity index (χ2v) is 17.9. The number of hydrogen-bond acceptors (Lipinski definition) is 4. The van der Waals surface area contributed by atoms with Crippen molar-refractivity contribution >= 4 is 21.8 Å². The van der Waals surface area contributed by atoms with E-state index in [4.69, 9.17) is 0 Å². The van der Waals surface area contributed by atoms with Crippen molar-refractivity contribution in [1.29, 1.82) is 0 Å². The fourth-order valence-electron chi connectivity index (χ4n) is 8.49. The van der Waals surface area contributed by atoms with Crippen molar-refractivity contribution < 1.29 is 36.1 Å². The number of fused-ring (bicyclic) bond motifs is 3. The number of aryl methyl sites for hydroxylation is 2. The summed E-state index contributed by atoms with van der Waals surface area (Å²) in [5.41, 5.74) is 13.9. The number of aromatic hydroxyl groups is 2. The number of phenols is 2. The molecule has 0 bridgehead atoms. The largest absolute Gasteiger partial charge is 4.00 e. The molecule has 5 nitrogen and oxygen atoms in total. The molecule has 1 heterocycles. The first-order valence-electron chi connectivity index (χ1n) is 22.6. The molecule has 7 aromatic carbocycles. The van der Waals surface area contributed by atoms with E-state index in [2.05, 4.69) is 175 Å². The molecule has 0 saturated carbocycles. The van der Waals surface area contributed by atoms with Gasteiger partial charge in [-0.2, -0.15) is 49.2 Å². The second kappa shape index (κ2) is 23.6. The van der Waals surface area contributed by atoms with Crippen molar-refractivity contribution in [2.24, 2.45) is 0 Å². The van der Waals surface area contributed by atoms with Gasteiger partial charge in [0.1, 0.15) is 11.5 Å². The summed E-state index contributed by atoms with van der Waals surface area (Å²) in [5.74, 6) is 1.36. The van der Waals surface area contributed by atoms with Crippen molar-refractivity contribution in [3.8, 4) is 28.3 Å². The number of para-hydroxylation sites is 2. The molecule has 0 aliphatic carbocycles. The SMILES string of the molecule is Cc1cc(CCN(CCN(C)C)Cc2cc(C)cc(-n3c4ccccc4c4ccccc43)c2O)c(O)c(-c2c(C(C)C)cccc2C(C)C)c1.[CH2-]c1ccccc1.[CH2-]c1ccccc1.[Hf+4]. The Balaban J connectivity index is 0.000000449. The number of aromatic nitrogens is 1. The molecule has 0 fully saturated rings. The zero-order valence-electron chi connectivity index (χ0n) is 39.8. The van der Waals surface area contributed by atoms with E-state index in [-0.39, 0.29) is 25.8 Å². The Kier molecular flexibility index (Phi) is 18.3. The molecule has 8 aromatic rings. The van der Waals surface area contributed by atoms with E-state index in [1.165, 1.54) is 27.5 Å². The minimum Gasteiger partial charge on any atom is -0.507 e. The van der Waals surface area contributed by atoms with E-state index in [1.807, 2.05) is 60.7 Å². The molecule has 6 heteroatoms. The van der Waals surface area contributed by atoms with Gasteiger partial charge in [-0.05, 0) is 104 Å². The summed E-state index contributed by atoms with van der Waals surface area (Å²) in [6, 6.07) is 51.7. The van der Waals surface area contributed by atoms with Crippen molar-refractivity contribution in [3.05, 3.63) is 210 Å². The number of likely N-dealkylation sites (N-methyl/N-ethyl adjacent to an activating group) is 1. The van der Waals surface area contributed by atoms with Crippen LogP contribution in [0.1, 0.15) is 84.0 Å². The van der Waals surface area contributed by atoms with E-state index in [0.29, 0.717) is 36.3 Å². The number of hydrogen-bond donors (Lipinski definition) is 2. The smallest absolute Gasteiger partial charge is 0.507 e. The average Bonchev–Trinajstić information content (AvgIpc) is 3.61. The minimum atomic E-state index is 0. The molecule has 0 aliphatic rings. The summed E-state index contributed by atoms with van der Waals surface area (Å²) >= 11 is 0. The minimum absolute atomic E-state index is 0. The first-order valence-corrected chi connectivity index (χ1v) is 22.6. The maximum absolute atomic E-state index is 12.0. The average molecular weight is 1030 g/mol. The van der Waals surface area contributed by atoms with Crippen LogP contribution in [0, 0.1) is 27.7 Å². The molecule has 0 unspecified atom stereocenters. The third kappa shape index (κ3) is 12.8. The second-order valence-electron chi connectivity index (χ2n) is 17.9. The summed E-state index contributed by atoms with van der Waals surface area (Å²) in [5, 5.41) is 26.3. The summed E-state index contributed by atoms with van der Waals surface area (Å²) < 4.78 is 2.20. The van der Waals surface area contributed by atoms with Crippen molar-refractivity contribution in [1.82, 2.24) is 14.4 Å². The number of rotatable bonds is 12. The summed E-state index contributed by atoms with van der Waals surface area (Å²) in [7, 11) is 4.19. The zero-order chi connectivity index (χ0) is 45.9. The first kappa shape index (κ1) is 50.5. The molecule has 0 atom stereocenters. The molecule has 0 radical (unpaired) electrons. The quantitative estimate of drug-likeness (QED) is 0.0946. The van der Waals surface area contributed by atoms with Gasteiger partial charge >= 0.3 is 25.8 Å². The van der Waals surface area contributed by atoms with Crippen molar-refractivity contribution in [2.75, 3.05) is 33.7 Å². The molecular formula is C59H67HfN3O2+2. The monoisotopic (exact) mass is 1030 g/mol. The van der Waals surface area contributed by atoms with Crippen LogP contribution in [0.4, 0.5) is 0 Å². The van der Waals surface area contributed by atoms with E-state index in [1.54, 1.807) is 0 Å². The van der Waals surface area contributed by atoms with Gasteiger partial charge in [-0.3, -0.25) is 4.90 Å². The van der Waals surface area contributed by atoms with Gasteiger partial charge in [0.2, 0.25) is 0 Å². The van der Waals surface area contributed by atoms with Crippen LogP contribution in [-0.2, 0) is 38.8 Å². The standard InChI is InChI=1S/C45H53N3O2.2C7H7.Hf/c1-29(2)35-16-13-17-36(30(3)4)43(35)39-26-31(5)24-33(44(39)49)20-21-47(23-22-46(7)8)28-34-25-32(6)27-42(45(34)50)48-40-18-11-9-14-37(40)38-15-10-12-19-41(38)48;2*1-7-5-3-2-4-6-7;/h9-19,24-27,29-30,49-50H,20-23,28H2,1-8H3;2*2-6H,1H2;/q;2*-1;+4. The third-order valence-corrected chi connectivity index (χ3v) is 11.7. The molecule has 0 spiro atoms. The van der Waals surface area contributed by atoms with Crippen molar-refractivity contribution in [2.45, 2.75) is 66.3 Å². The summed E-state index contributed by atoms with van der Waals surface area (Å²) in [6.07, 6.45) is 0.696. The van der Waals surface area contributed by atoms with Gasteiger partial charge in [0, 0.05) is 48.1 Å². The van der Waals surface area contributed by atoms with Crippen LogP contribution in [0.25, 0.3) is 38.6 Å². The summed E-state index contributed by atoms with van der Waals surface area (Å²) in [4.78, 5) is 4.61. The van der Waals surface area contributed by atoms with Crippen LogP contribution < -0.4 is 0 Å². The van der Waals surface area contributed by atoms with Gasteiger partial charge in [0.15, 0.2) is 0 Å². The van der Waals surface area contributed by atoms with Gasteiger partial charge in [-0.25, -0.2) is 0 Å². The molecule has 8 rings (SSSR count). The van der Waals surface area contributed by atoms with E-state index < -0.39 is 0 Å². The molecule has 2 N–H and O–H groups in total. The first-order chi connectivity index (χ1) is 30.7. The van der Waals surface area contributed by atoms with Gasteiger partial charge in [-0.15, -0.1) is 24.3 Å². The van der Waals surface area contributed by atoms with E-state index in [0.717, 1.165) is 75.3 Å². The Morgan fingerprint density at radius 1 is 0.538 bits per heavy atom. The molecule has 332 valence electrons. The topological polar surface area (TPSA) is 51.9 Å². The Hall–Kier alpha value is -5.53. The molecule has 1 aromatic heterocycles. The van der Waals surface area contributed by atoms with Crippen LogP contribution in [0.2, 0.25) is 0 Å². The van der Waals surface area contributed by atoms with Crippen LogP contribution in [0.15, 0.2) is 152 Å². The van der Waals surface area contributed by atoms with Crippen LogP contribution in [0.3, 0.4) is 0 Å². The maximum atomic E-state index is 12.0. The summed E-state index contributed by atoms with van der Waals surface area (Å²) in [6.45, 7) is 23.6. The Morgan fingerprint density at radius 3 is 1.49 bits per heavy atom. The Labute approximate surface area is 408 Å². The van der Waals surface area contributed by atoms with E-state index in [9.17, 15) is 10.2 Å². The molecule has 0 aliphatic heterocycles. The van der Waals surface area contributed by atoms with Gasteiger partial charge < -0.3 is 19.7 Å². The molecule has 0 saturated heterocycles. The molecule has 0 amide bonds. The van der Waals surface area contributed by atoms with E-state index >= 15 is 0 Å². The molecule has 65 heavy (non-hydrogen) atoms.